The maximum Gasteiger partial charge on any atom is 0.345 e. The fourth-order valence-corrected chi connectivity index (χ4v) is 8.49. The summed E-state index contributed by atoms with van der Waals surface area (Å²) in [6.07, 6.45) is 2.69. The van der Waals surface area contributed by atoms with Crippen LogP contribution < -0.4 is 10.4 Å². The van der Waals surface area contributed by atoms with Crippen LogP contribution in [0.25, 0.3) is 11.3 Å². The number of pyridine rings is 1. The average Bonchev–Trinajstić information content (AvgIpc) is 2.94. The highest BCUT2D eigenvalue weighted by Crippen LogP contribution is 2.68. The summed E-state index contributed by atoms with van der Waals surface area (Å²) in [6.45, 7) is 6.68. The van der Waals surface area contributed by atoms with Gasteiger partial charge in [0.1, 0.15) is 22.7 Å². The lowest BCUT2D eigenvalue weighted by Crippen LogP contribution is -2.71. The van der Waals surface area contributed by atoms with Crippen molar-refractivity contribution < 1.29 is 28.8 Å². The van der Waals surface area contributed by atoms with Crippen molar-refractivity contribution in [3.05, 3.63) is 82.5 Å². The Kier molecular flexibility index (Phi) is 5.81. The maximum absolute atomic E-state index is 13.3. The Bertz CT molecular complexity index is 1480. The second kappa shape index (κ2) is 8.98. The number of hydrogen-bond acceptors (Lipinski definition) is 8. The molecule has 0 bridgehead atoms. The van der Waals surface area contributed by atoms with E-state index in [2.05, 4.69) is 18.8 Å². The molecule has 2 aliphatic carbocycles. The fraction of sp³-hybridized carbons (Fsp3) is 0.500. The Morgan fingerprint density at radius 1 is 1.02 bits per heavy atom. The fourth-order valence-electron chi connectivity index (χ4n) is 8.49. The van der Waals surface area contributed by atoms with Crippen molar-refractivity contribution in [1.82, 2.24) is 4.98 Å². The van der Waals surface area contributed by atoms with Crippen LogP contribution in [0.15, 0.2) is 70.1 Å². The molecule has 9 atom stereocenters. The van der Waals surface area contributed by atoms with Gasteiger partial charge in [-0.05, 0) is 49.7 Å². The van der Waals surface area contributed by atoms with Gasteiger partial charge in [0.25, 0.3) is 0 Å². The van der Waals surface area contributed by atoms with Gasteiger partial charge in [-0.2, -0.15) is 0 Å². The zero-order chi connectivity index (χ0) is 27.9. The van der Waals surface area contributed by atoms with E-state index in [-0.39, 0.29) is 23.3 Å². The summed E-state index contributed by atoms with van der Waals surface area (Å²) in [7, 11) is 0. The summed E-state index contributed by atoms with van der Waals surface area (Å²) in [4.78, 5) is 17.4. The average molecular weight is 546 g/mol. The molecular weight excluding hydrogens is 510 g/mol. The predicted octanol–water partition coefficient (Wildman–Crippen LogP) is 4.80. The number of aliphatic hydroxyl groups excluding tert-OH is 2. The summed E-state index contributed by atoms with van der Waals surface area (Å²) in [5.41, 5.74) is -0.880. The lowest BCUT2D eigenvalue weighted by Gasteiger charge is -2.67. The van der Waals surface area contributed by atoms with E-state index in [4.69, 9.17) is 18.6 Å². The second-order valence-corrected chi connectivity index (χ2v) is 12.7. The van der Waals surface area contributed by atoms with E-state index < -0.39 is 46.5 Å². The monoisotopic (exact) mass is 545 g/mol. The molecule has 7 rings (SSSR count). The number of aliphatic hydroxyl groups is 2. The zero-order valence-electron chi connectivity index (χ0n) is 22.9. The maximum atomic E-state index is 13.3. The van der Waals surface area contributed by atoms with Gasteiger partial charge >= 0.3 is 5.63 Å². The number of benzene rings is 1. The molecule has 2 saturated carbocycles. The van der Waals surface area contributed by atoms with Crippen molar-refractivity contribution in [2.24, 2.45) is 22.7 Å². The molecule has 2 aromatic heterocycles. The Morgan fingerprint density at radius 3 is 2.58 bits per heavy atom. The molecule has 2 unspecified atom stereocenters. The lowest BCUT2D eigenvalue weighted by atomic mass is 9.42. The first-order chi connectivity index (χ1) is 19.1. The molecule has 4 heterocycles. The molecule has 1 saturated heterocycles. The summed E-state index contributed by atoms with van der Waals surface area (Å²) in [6, 6.07) is 15.1. The molecule has 3 aromatic rings. The first-order valence-electron chi connectivity index (χ1n) is 14.1. The highest BCUT2D eigenvalue weighted by molar-refractivity contribution is 5.59. The van der Waals surface area contributed by atoms with Crippen LogP contribution in [-0.2, 0) is 9.47 Å². The van der Waals surface area contributed by atoms with Crippen molar-refractivity contribution in [3.8, 4) is 17.1 Å². The minimum absolute atomic E-state index is 0.0370. The van der Waals surface area contributed by atoms with Crippen LogP contribution in [0.2, 0.25) is 0 Å². The molecule has 3 fully saturated rings. The normalized spacial score (nSPS) is 40.1. The molecule has 0 radical (unpaired) electrons. The van der Waals surface area contributed by atoms with Crippen molar-refractivity contribution in [2.75, 3.05) is 6.61 Å². The molecule has 40 heavy (non-hydrogen) atoms. The summed E-state index contributed by atoms with van der Waals surface area (Å²) < 4.78 is 25.1. The lowest BCUT2D eigenvalue weighted by molar-refractivity contribution is -0.330. The van der Waals surface area contributed by atoms with E-state index in [1.165, 1.54) is 0 Å². The topological polar surface area (TPSA) is 111 Å². The van der Waals surface area contributed by atoms with Crippen LogP contribution in [0, 0.1) is 22.7 Å². The van der Waals surface area contributed by atoms with Gasteiger partial charge in [-0.15, -0.1) is 0 Å². The quantitative estimate of drug-likeness (QED) is 0.472. The number of hydrogen-bond donors (Lipinski definition) is 2. The highest BCUT2D eigenvalue weighted by atomic mass is 16.7. The largest absolute Gasteiger partial charge is 0.484 e. The van der Waals surface area contributed by atoms with E-state index >= 15 is 0 Å². The standard InChI is InChI=1S/C32H35NO7/c1-30-12-11-24-31(2,17-37-29(39-24)18-8-5-4-6-9-18)22(30)15-23(34)32(3)27(30)26(35)25-21(40-32)14-20(38-28(25)36)19-10-7-13-33-16-19/h4-10,13-14,16,22-24,26-27,29,34-35H,11-12,15,17H2,1-3H3/t22?,23-,24-,26-,27?,29+,30-,31-,32+/m0/s1. The van der Waals surface area contributed by atoms with Gasteiger partial charge in [-0.1, -0.05) is 44.2 Å². The first kappa shape index (κ1) is 25.9. The molecular formula is C32H35NO7. The molecule has 1 aromatic carbocycles. The van der Waals surface area contributed by atoms with E-state index in [0.29, 0.717) is 24.4 Å². The van der Waals surface area contributed by atoms with Gasteiger partial charge in [0, 0.05) is 40.9 Å². The second-order valence-electron chi connectivity index (χ2n) is 12.7. The van der Waals surface area contributed by atoms with Gasteiger partial charge < -0.3 is 28.8 Å². The van der Waals surface area contributed by atoms with Crippen LogP contribution in [0.3, 0.4) is 0 Å². The van der Waals surface area contributed by atoms with Crippen molar-refractivity contribution in [1.29, 1.82) is 0 Å². The summed E-state index contributed by atoms with van der Waals surface area (Å²) >= 11 is 0. The first-order valence-corrected chi connectivity index (χ1v) is 14.1. The number of ether oxygens (including phenoxy) is 3. The van der Waals surface area contributed by atoms with Crippen LogP contribution >= 0.6 is 0 Å². The van der Waals surface area contributed by atoms with Crippen LogP contribution in [-0.4, -0.2) is 39.6 Å². The van der Waals surface area contributed by atoms with Gasteiger partial charge in [-0.3, -0.25) is 4.98 Å². The number of rotatable bonds is 2. The summed E-state index contributed by atoms with van der Waals surface area (Å²) in [5.74, 6) is -0.0292. The summed E-state index contributed by atoms with van der Waals surface area (Å²) in [5, 5.41) is 23.7. The minimum atomic E-state index is -1.17. The molecule has 2 N–H and O–H groups in total. The highest BCUT2D eigenvalue weighted by Gasteiger charge is 2.70. The van der Waals surface area contributed by atoms with Crippen LogP contribution in [0.1, 0.15) is 63.6 Å². The Balaban J connectivity index is 1.26. The smallest absolute Gasteiger partial charge is 0.345 e. The van der Waals surface area contributed by atoms with Crippen LogP contribution in [0.5, 0.6) is 5.75 Å². The van der Waals surface area contributed by atoms with Gasteiger partial charge in [0.15, 0.2) is 6.29 Å². The molecule has 4 aliphatic rings. The van der Waals surface area contributed by atoms with E-state index in [1.807, 2.05) is 37.3 Å². The minimum Gasteiger partial charge on any atom is -0.484 e. The van der Waals surface area contributed by atoms with Crippen molar-refractivity contribution >= 4 is 0 Å². The van der Waals surface area contributed by atoms with Crippen LogP contribution in [0.4, 0.5) is 0 Å². The SMILES string of the molecule is C[C@]12CC[C@@H]3O[C@H](c4ccccc4)OC[C@@]3(C)C1C[C@H](O)[C@@]1(C)Oc3cc(-c4cccnc4)oc(=O)c3[C@H](O)C21. The van der Waals surface area contributed by atoms with E-state index in [1.54, 1.807) is 30.6 Å². The Labute approximate surface area is 232 Å². The third-order valence-corrected chi connectivity index (χ3v) is 10.5. The molecule has 8 heteroatoms. The van der Waals surface area contributed by atoms with Gasteiger partial charge in [0.2, 0.25) is 0 Å². The Morgan fingerprint density at radius 2 is 1.82 bits per heavy atom. The molecule has 8 nitrogen and oxygen atoms in total. The zero-order valence-corrected chi connectivity index (χ0v) is 22.9. The number of nitrogens with zero attached hydrogens (tertiary/aromatic N) is 1. The number of aromatic nitrogens is 1. The third-order valence-electron chi connectivity index (χ3n) is 10.5. The van der Waals surface area contributed by atoms with Crippen molar-refractivity contribution in [3.63, 3.8) is 0 Å². The molecule has 210 valence electrons. The third kappa shape index (κ3) is 3.59. The van der Waals surface area contributed by atoms with E-state index in [9.17, 15) is 15.0 Å². The Hall–Kier alpha value is -3.04. The van der Waals surface area contributed by atoms with Gasteiger partial charge in [-0.25, -0.2) is 4.79 Å². The predicted molar refractivity (Wildman–Crippen MR) is 145 cm³/mol. The van der Waals surface area contributed by atoms with E-state index in [0.717, 1.165) is 18.4 Å². The van der Waals surface area contributed by atoms with Gasteiger partial charge in [0.05, 0.1) is 24.9 Å². The number of fused-ring (bicyclic) bond motifs is 6. The van der Waals surface area contributed by atoms with Crippen molar-refractivity contribution in [2.45, 2.75) is 70.2 Å². The molecule has 0 amide bonds. The molecule has 0 spiro atoms. The molecule has 2 aliphatic heterocycles.